The molecule has 10 heteroatoms. The number of morpholine rings is 1. The molecule has 2 aromatic carbocycles. The van der Waals surface area contributed by atoms with E-state index in [1.54, 1.807) is 6.07 Å². The third-order valence-electron chi connectivity index (χ3n) is 4.00. The van der Waals surface area contributed by atoms with Gasteiger partial charge < -0.3 is 14.8 Å². The molecule has 3 rings (SSSR count). The molecular formula is C18H18F2N2O5S. The van der Waals surface area contributed by atoms with E-state index in [4.69, 9.17) is 9.47 Å². The van der Waals surface area contributed by atoms with Crippen LogP contribution in [0.1, 0.15) is 0 Å². The lowest BCUT2D eigenvalue weighted by Gasteiger charge is -2.26. The predicted molar refractivity (Wildman–Crippen MR) is 96.5 cm³/mol. The zero-order valence-electron chi connectivity index (χ0n) is 14.7. The molecule has 150 valence electrons. The number of anilines is 1. The summed E-state index contributed by atoms with van der Waals surface area (Å²) in [6.45, 7) is 0.197. The SMILES string of the molecule is O=C(COc1ccccc1F)Nc1ccc(F)c(S(=O)(=O)N2CCOCC2)c1. The van der Waals surface area contributed by atoms with Gasteiger partial charge in [-0.3, -0.25) is 4.79 Å². The van der Waals surface area contributed by atoms with E-state index in [1.165, 1.54) is 24.3 Å². The van der Waals surface area contributed by atoms with Crippen LogP contribution in [0.25, 0.3) is 0 Å². The Morgan fingerprint density at radius 1 is 1.11 bits per heavy atom. The minimum atomic E-state index is -4.07. The Labute approximate surface area is 160 Å². The number of hydrogen-bond donors (Lipinski definition) is 1. The van der Waals surface area contributed by atoms with E-state index in [9.17, 15) is 22.0 Å². The summed E-state index contributed by atoms with van der Waals surface area (Å²) in [6.07, 6.45) is 0. The Morgan fingerprint density at radius 3 is 2.54 bits per heavy atom. The first kappa shape index (κ1) is 20.2. The number of ether oxygens (including phenoxy) is 2. The summed E-state index contributed by atoms with van der Waals surface area (Å²) in [5, 5.41) is 2.41. The highest BCUT2D eigenvalue weighted by atomic mass is 32.2. The monoisotopic (exact) mass is 412 g/mol. The van der Waals surface area contributed by atoms with Gasteiger partial charge in [0.15, 0.2) is 18.2 Å². The number of sulfonamides is 1. The quantitative estimate of drug-likeness (QED) is 0.785. The van der Waals surface area contributed by atoms with E-state index < -0.39 is 39.1 Å². The van der Waals surface area contributed by atoms with Gasteiger partial charge in [-0.1, -0.05) is 12.1 Å². The van der Waals surface area contributed by atoms with Gasteiger partial charge in [0.25, 0.3) is 5.91 Å². The van der Waals surface area contributed by atoms with Gasteiger partial charge in [-0.05, 0) is 30.3 Å². The van der Waals surface area contributed by atoms with Crippen LogP contribution in [-0.4, -0.2) is 51.5 Å². The molecule has 0 atom stereocenters. The molecule has 1 aliphatic heterocycles. The van der Waals surface area contributed by atoms with E-state index in [-0.39, 0.29) is 37.7 Å². The van der Waals surface area contributed by atoms with Crippen molar-refractivity contribution in [1.82, 2.24) is 4.31 Å². The van der Waals surface area contributed by atoms with Crippen molar-refractivity contribution in [3.05, 3.63) is 54.1 Å². The molecule has 1 saturated heterocycles. The van der Waals surface area contributed by atoms with Crippen molar-refractivity contribution in [2.45, 2.75) is 4.90 Å². The third-order valence-corrected chi connectivity index (χ3v) is 5.91. The molecule has 7 nitrogen and oxygen atoms in total. The third kappa shape index (κ3) is 4.64. The maximum atomic E-state index is 14.2. The van der Waals surface area contributed by atoms with Crippen molar-refractivity contribution in [3.8, 4) is 5.75 Å². The topological polar surface area (TPSA) is 84.9 Å². The lowest BCUT2D eigenvalue weighted by atomic mass is 10.3. The Balaban J connectivity index is 1.70. The molecule has 0 unspecified atom stereocenters. The molecular weight excluding hydrogens is 394 g/mol. The van der Waals surface area contributed by atoms with Crippen molar-refractivity contribution in [2.75, 3.05) is 38.2 Å². The molecule has 0 aromatic heterocycles. The highest BCUT2D eigenvalue weighted by Gasteiger charge is 2.29. The number of halogens is 2. The van der Waals surface area contributed by atoms with Crippen molar-refractivity contribution in [3.63, 3.8) is 0 Å². The molecule has 0 spiro atoms. The fraction of sp³-hybridized carbons (Fsp3) is 0.278. The summed E-state index contributed by atoms with van der Waals surface area (Å²) in [5.41, 5.74) is 0.0790. The van der Waals surface area contributed by atoms with Gasteiger partial charge in [0.2, 0.25) is 10.0 Å². The lowest BCUT2D eigenvalue weighted by Crippen LogP contribution is -2.40. The number of rotatable bonds is 6. The van der Waals surface area contributed by atoms with Crippen LogP contribution in [0, 0.1) is 11.6 Å². The van der Waals surface area contributed by atoms with Crippen LogP contribution >= 0.6 is 0 Å². The van der Waals surface area contributed by atoms with Crippen LogP contribution in [0.3, 0.4) is 0 Å². The number of nitrogens with one attached hydrogen (secondary N) is 1. The van der Waals surface area contributed by atoms with Crippen molar-refractivity contribution in [1.29, 1.82) is 0 Å². The first-order chi connectivity index (χ1) is 13.4. The fourth-order valence-corrected chi connectivity index (χ4v) is 4.11. The average molecular weight is 412 g/mol. The molecule has 1 fully saturated rings. The minimum absolute atomic E-state index is 0.0790. The standard InChI is InChI=1S/C18H18F2N2O5S/c19-14-3-1-2-4-16(14)27-12-18(23)21-13-5-6-15(20)17(11-13)28(24,25)22-7-9-26-10-8-22/h1-6,11H,7-10,12H2,(H,21,23). The number of carbonyl (C=O) groups excluding carboxylic acids is 1. The summed E-state index contributed by atoms with van der Waals surface area (Å²) in [5.74, 6) is -2.28. The summed E-state index contributed by atoms with van der Waals surface area (Å²) < 4.78 is 64.3. The largest absolute Gasteiger partial charge is 0.481 e. The number of carbonyl (C=O) groups is 1. The number of para-hydroxylation sites is 1. The number of amides is 1. The van der Waals surface area contributed by atoms with Crippen LogP contribution in [0.4, 0.5) is 14.5 Å². The van der Waals surface area contributed by atoms with Gasteiger partial charge in [0.05, 0.1) is 13.2 Å². The fourth-order valence-electron chi connectivity index (χ4n) is 2.61. The molecule has 1 heterocycles. The van der Waals surface area contributed by atoms with E-state index in [0.717, 1.165) is 16.4 Å². The Kier molecular flexibility index (Phi) is 6.22. The maximum Gasteiger partial charge on any atom is 0.262 e. The van der Waals surface area contributed by atoms with Gasteiger partial charge in [-0.2, -0.15) is 4.31 Å². The van der Waals surface area contributed by atoms with E-state index >= 15 is 0 Å². The zero-order valence-corrected chi connectivity index (χ0v) is 15.5. The molecule has 1 N–H and O–H groups in total. The second kappa shape index (κ2) is 8.63. The van der Waals surface area contributed by atoms with Gasteiger partial charge in [0.1, 0.15) is 10.7 Å². The minimum Gasteiger partial charge on any atom is -0.481 e. The lowest BCUT2D eigenvalue weighted by molar-refractivity contribution is -0.118. The van der Waals surface area contributed by atoms with E-state index in [1.807, 2.05) is 0 Å². The first-order valence-corrected chi connectivity index (χ1v) is 9.86. The summed E-state index contributed by atoms with van der Waals surface area (Å²) in [6, 6.07) is 8.83. The van der Waals surface area contributed by atoms with Gasteiger partial charge in [-0.15, -0.1) is 0 Å². The van der Waals surface area contributed by atoms with Crippen LogP contribution in [0.2, 0.25) is 0 Å². The summed E-state index contributed by atoms with van der Waals surface area (Å²) >= 11 is 0. The molecule has 0 aliphatic carbocycles. The Morgan fingerprint density at radius 2 is 1.82 bits per heavy atom. The highest BCUT2D eigenvalue weighted by molar-refractivity contribution is 7.89. The highest BCUT2D eigenvalue weighted by Crippen LogP contribution is 2.24. The molecule has 1 amide bonds. The van der Waals surface area contributed by atoms with Gasteiger partial charge >= 0.3 is 0 Å². The van der Waals surface area contributed by atoms with Crippen LogP contribution in [0.15, 0.2) is 47.4 Å². The smallest absolute Gasteiger partial charge is 0.262 e. The predicted octanol–water partition coefficient (Wildman–Crippen LogP) is 2.00. The summed E-state index contributed by atoms with van der Waals surface area (Å²) in [4.78, 5) is 11.5. The van der Waals surface area contributed by atoms with E-state index in [2.05, 4.69) is 5.32 Å². The number of hydrogen-bond acceptors (Lipinski definition) is 5. The van der Waals surface area contributed by atoms with Crippen molar-refractivity contribution < 1.29 is 31.5 Å². The normalized spacial score (nSPS) is 15.2. The Bertz CT molecular complexity index is 962. The van der Waals surface area contributed by atoms with Crippen LogP contribution in [0.5, 0.6) is 5.75 Å². The second-order valence-corrected chi connectivity index (χ2v) is 7.84. The second-order valence-electron chi connectivity index (χ2n) is 5.93. The van der Waals surface area contributed by atoms with Crippen molar-refractivity contribution in [2.24, 2.45) is 0 Å². The van der Waals surface area contributed by atoms with E-state index in [0.29, 0.717) is 0 Å². The average Bonchev–Trinajstić information content (AvgIpc) is 2.69. The summed E-state index contributed by atoms with van der Waals surface area (Å²) in [7, 11) is -4.07. The van der Waals surface area contributed by atoms with Gasteiger partial charge in [-0.25, -0.2) is 17.2 Å². The van der Waals surface area contributed by atoms with Crippen LogP contribution in [-0.2, 0) is 19.6 Å². The first-order valence-electron chi connectivity index (χ1n) is 8.42. The molecule has 0 saturated carbocycles. The molecule has 0 radical (unpaired) electrons. The van der Waals surface area contributed by atoms with Crippen molar-refractivity contribution >= 4 is 21.6 Å². The van der Waals surface area contributed by atoms with Gasteiger partial charge in [0, 0.05) is 18.8 Å². The number of nitrogens with zero attached hydrogens (tertiary/aromatic N) is 1. The maximum absolute atomic E-state index is 14.2. The number of benzene rings is 2. The zero-order chi connectivity index (χ0) is 20.1. The molecule has 1 aliphatic rings. The Hall–Kier alpha value is -2.56. The molecule has 0 bridgehead atoms. The molecule has 28 heavy (non-hydrogen) atoms. The molecule has 2 aromatic rings. The van der Waals surface area contributed by atoms with Crippen LogP contribution < -0.4 is 10.1 Å².